The molecule has 1 aromatic heterocycles. The topological polar surface area (TPSA) is 70.9 Å². The zero-order valence-electron chi connectivity index (χ0n) is 10.7. The van der Waals surface area contributed by atoms with Crippen LogP contribution in [0.3, 0.4) is 0 Å². The molecule has 4 heteroatoms. The number of nitrogens with two attached hydrogens (primary N) is 1. The van der Waals surface area contributed by atoms with Gasteiger partial charge in [-0.1, -0.05) is 26.0 Å². The first kappa shape index (κ1) is 12.6. The minimum Gasteiger partial charge on any atom is -0.368 e. The largest absolute Gasteiger partial charge is 0.368 e. The van der Waals surface area contributed by atoms with E-state index in [1.54, 1.807) is 0 Å². The Morgan fingerprint density at radius 1 is 1.39 bits per heavy atom. The molecule has 1 heterocycles. The second kappa shape index (κ2) is 5.23. The molecule has 0 saturated heterocycles. The third-order valence-corrected chi connectivity index (χ3v) is 3.17. The van der Waals surface area contributed by atoms with Crippen LogP contribution < -0.4 is 11.1 Å². The van der Waals surface area contributed by atoms with Gasteiger partial charge in [-0.2, -0.15) is 0 Å². The quantitative estimate of drug-likeness (QED) is 0.751. The number of hydrogen-bond acceptors (Lipinski definition) is 2. The van der Waals surface area contributed by atoms with Gasteiger partial charge >= 0.3 is 0 Å². The molecule has 1 aromatic carbocycles. The van der Waals surface area contributed by atoms with Crippen LogP contribution in [0.4, 0.5) is 0 Å². The maximum atomic E-state index is 11.3. The van der Waals surface area contributed by atoms with Crippen molar-refractivity contribution in [3.8, 4) is 0 Å². The van der Waals surface area contributed by atoms with E-state index >= 15 is 0 Å². The molecule has 0 radical (unpaired) electrons. The van der Waals surface area contributed by atoms with Crippen molar-refractivity contribution in [3.63, 3.8) is 0 Å². The molecule has 18 heavy (non-hydrogen) atoms. The highest BCUT2D eigenvalue weighted by Gasteiger charge is 2.18. The van der Waals surface area contributed by atoms with Gasteiger partial charge in [-0.15, -0.1) is 0 Å². The molecule has 1 unspecified atom stereocenters. The molecule has 0 aliphatic carbocycles. The second-order valence-electron chi connectivity index (χ2n) is 4.86. The number of hydrogen-bond donors (Lipinski definition) is 3. The summed E-state index contributed by atoms with van der Waals surface area (Å²) in [7, 11) is 0. The summed E-state index contributed by atoms with van der Waals surface area (Å²) in [6.07, 6.45) is 1.92. The Labute approximate surface area is 107 Å². The number of nitrogens with one attached hydrogen (secondary N) is 2. The van der Waals surface area contributed by atoms with Gasteiger partial charge in [-0.3, -0.25) is 4.79 Å². The molecule has 1 amide bonds. The van der Waals surface area contributed by atoms with E-state index in [4.69, 9.17) is 5.73 Å². The lowest BCUT2D eigenvalue weighted by atomic mass is 10.0. The van der Waals surface area contributed by atoms with Gasteiger partial charge in [0.05, 0.1) is 6.04 Å². The van der Waals surface area contributed by atoms with Crippen LogP contribution in [0.1, 0.15) is 19.4 Å². The Morgan fingerprint density at radius 2 is 2.17 bits per heavy atom. The fourth-order valence-corrected chi connectivity index (χ4v) is 2.19. The van der Waals surface area contributed by atoms with Crippen molar-refractivity contribution < 1.29 is 4.79 Å². The fraction of sp³-hybridized carbons (Fsp3) is 0.357. The molecule has 1 atom stereocenters. The predicted octanol–water partition coefficient (Wildman–Crippen LogP) is 1.77. The summed E-state index contributed by atoms with van der Waals surface area (Å²) >= 11 is 0. The lowest BCUT2D eigenvalue weighted by molar-refractivity contribution is -0.121. The summed E-state index contributed by atoms with van der Waals surface area (Å²) in [6, 6.07) is 7.85. The third kappa shape index (κ3) is 2.54. The Kier molecular flexibility index (Phi) is 3.67. The van der Waals surface area contributed by atoms with E-state index in [1.807, 2.05) is 38.2 Å². The Hall–Kier alpha value is -1.81. The van der Waals surface area contributed by atoms with Gasteiger partial charge in [-0.05, 0) is 23.6 Å². The minimum atomic E-state index is -0.300. The number of aromatic amines is 1. The summed E-state index contributed by atoms with van der Waals surface area (Å²) in [5.41, 5.74) is 7.66. The molecular weight excluding hydrogens is 226 g/mol. The van der Waals surface area contributed by atoms with Crippen molar-refractivity contribution in [1.82, 2.24) is 10.3 Å². The molecule has 96 valence electrons. The lowest BCUT2D eigenvalue weighted by Crippen LogP contribution is -2.44. The van der Waals surface area contributed by atoms with Gasteiger partial charge in [0.15, 0.2) is 0 Å². The smallest absolute Gasteiger partial charge is 0.234 e. The highest BCUT2D eigenvalue weighted by Crippen LogP contribution is 2.17. The number of fused-ring (bicyclic) bond motifs is 1. The van der Waals surface area contributed by atoms with Crippen LogP contribution in [0.5, 0.6) is 0 Å². The predicted molar refractivity (Wildman–Crippen MR) is 73.0 cm³/mol. The number of benzene rings is 1. The van der Waals surface area contributed by atoms with Gasteiger partial charge in [0.25, 0.3) is 0 Å². The molecule has 4 nitrogen and oxygen atoms in total. The minimum absolute atomic E-state index is 0.188. The van der Waals surface area contributed by atoms with E-state index in [1.165, 1.54) is 10.9 Å². The summed E-state index contributed by atoms with van der Waals surface area (Å²) in [5, 5.41) is 4.41. The summed E-state index contributed by atoms with van der Waals surface area (Å²) in [6.45, 7) is 4.61. The van der Waals surface area contributed by atoms with E-state index < -0.39 is 0 Å². The first-order valence-corrected chi connectivity index (χ1v) is 6.17. The van der Waals surface area contributed by atoms with E-state index in [0.29, 0.717) is 6.54 Å². The molecule has 0 aliphatic heterocycles. The number of primary amides is 1. The van der Waals surface area contributed by atoms with Crippen LogP contribution in [0.2, 0.25) is 0 Å². The van der Waals surface area contributed by atoms with Gasteiger partial charge in [0.1, 0.15) is 0 Å². The van der Waals surface area contributed by atoms with Crippen molar-refractivity contribution in [2.24, 2.45) is 11.7 Å². The van der Waals surface area contributed by atoms with Crippen LogP contribution in [0.25, 0.3) is 10.9 Å². The fourth-order valence-electron chi connectivity index (χ4n) is 2.19. The molecule has 2 rings (SSSR count). The Bertz CT molecular complexity index is 545. The molecule has 0 bridgehead atoms. The van der Waals surface area contributed by atoms with Gasteiger partial charge in [0.2, 0.25) is 5.91 Å². The van der Waals surface area contributed by atoms with Crippen LogP contribution in [0, 0.1) is 5.92 Å². The summed E-state index contributed by atoms with van der Waals surface area (Å²) < 4.78 is 0. The Morgan fingerprint density at radius 3 is 2.83 bits per heavy atom. The number of H-pyrrole nitrogens is 1. The monoisotopic (exact) mass is 245 g/mol. The molecule has 0 saturated carbocycles. The number of carbonyl (C=O) groups excluding carboxylic acids is 1. The number of rotatable bonds is 5. The van der Waals surface area contributed by atoms with Gasteiger partial charge in [-0.25, -0.2) is 0 Å². The maximum Gasteiger partial charge on any atom is 0.234 e. The van der Waals surface area contributed by atoms with Gasteiger partial charge < -0.3 is 16.0 Å². The average Bonchev–Trinajstić information content (AvgIpc) is 2.77. The van der Waals surface area contributed by atoms with Crippen molar-refractivity contribution in [3.05, 3.63) is 36.0 Å². The van der Waals surface area contributed by atoms with E-state index in [-0.39, 0.29) is 17.9 Å². The summed E-state index contributed by atoms with van der Waals surface area (Å²) in [5.74, 6) is -0.112. The number of amides is 1. The zero-order valence-corrected chi connectivity index (χ0v) is 10.7. The number of aromatic nitrogens is 1. The Balaban J connectivity index is 2.14. The van der Waals surface area contributed by atoms with Crippen LogP contribution >= 0.6 is 0 Å². The first-order valence-electron chi connectivity index (χ1n) is 6.17. The molecular formula is C14H19N3O. The third-order valence-electron chi connectivity index (χ3n) is 3.17. The van der Waals surface area contributed by atoms with E-state index in [9.17, 15) is 4.79 Å². The van der Waals surface area contributed by atoms with Gasteiger partial charge in [0, 0.05) is 23.6 Å². The lowest BCUT2D eigenvalue weighted by Gasteiger charge is -2.19. The first-order chi connectivity index (χ1) is 8.59. The highest BCUT2D eigenvalue weighted by molar-refractivity contribution is 5.83. The standard InChI is InChI=1S/C14H19N3O/c1-9(2)13(14(15)18)17-8-10-4-3-5-12-11(10)6-7-16-12/h3-7,9,13,16-17H,8H2,1-2H3,(H2,15,18). The maximum absolute atomic E-state index is 11.3. The number of carbonyl (C=O) groups is 1. The van der Waals surface area contributed by atoms with Crippen molar-refractivity contribution in [2.45, 2.75) is 26.4 Å². The SMILES string of the molecule is CC(C)C(NCc1cccc2[nH]ccc12)C(N)=O. The normalized spacial score (nSPS) is 13.1. The van der Waals surface area contributed by atoms with Crippen LogP contribution in [-0.4, -0.2) is 16.9 Å². The van der Waals surface area contributed by atoms with E-state index in [2.05, 4.69) is 16.4 Å². The van der Waals surface area contributed by atoms with E-state index in [0.717, 1.165) is 5.52 Å². The molecule has 0 spiro atoms. The zero-order chi connectivity index (χ0) is 13.1. The van der Waals surface area contributed by atoms with Crippen LogP contribution in [0.15, 0.2) is 30.5 Å². The van der Waals surface area contributed by atoms with Crippen LogP contribution in [-0.2, 0) is 11.3 Å². The van der Waals surface area contributed by atoms with Crippen molar-refractivity contribution >= 4 is 16.8 Å². The second-order valence-corrected chi connectivity index (χ2v) is 4.86. The average molecular weight is 245 g/mol. The molecule has 0 fully saturated rings. The molecule has 2 aromatic rings. The van der Waals surface area contributed by atoms with Crippen molar-refractivity contribution in [2.75, 3.05) is 0 Å². The molecule has 0 aliphatic rings. The highest BCUT2D eigenvalue weighted by atomic mass is 16.1. The molecule has 4 N–H and O–H groups in total. The summed E-state index contributed by atoms with van der Waals surface area (Å²) in [4.78, 5) is 14.5. The van der Waals surface area contributed by atoms with Crippen molar-refractivity contribution in [1.29, 1.82) is 0 Å².